The van der Waals surface area contributed by atoms with E-state index in [9.17, 15) is 9.18 Å². The second-order valence-corrected chi connectivity index (χ2v) is 6.33. The highest BCUT2D eigenvalue weighted by Crippen LogP contribution is 2.22. The summed E-state index contributed by atoms with van der Waals surface area (Å²) in [5, 5.41) is 8.20. The highest BCUT2D eigenvalue weighted by Gasteiger charge is 2.27. The number of anilines is 2. The van der Waals surface area contributed by atoms with Crippen molar-refractivity contribution in [2.24, 2.45) is 0 Å². The zero-order chi connectivity index (χ0) is 18.1. The number of aromatic nitrogens is 3. The van der Waals surface area contributed by atoms with Gasteiger partial charge in [0.05, 0.1) is 18.8 Å². The van der Waals surface area contributed by atoms with Crippen LogP contribution >= 0.6 is 11.6 Å². The van der Waals surface area contributed by atoms with Crippen LogP contribution in [0.4, 0.5) is 15.9 Å². The van der Waals surface area contributed by atoms with Gasteiger partial charge in [0.1, 0.15) is 17.3 Å². The number of nitrogens with zero attached hydrogens (tertiary/aromatic N) is 4. The van der Waals surface area contributed by atoms with Crippen LogP contribution in [-0.2, 0) is 13.1 Å². The molecule has 0 saturated carbocycles. The largest absolute Gasteiger partial charge is 0.364 e. The minimum Gasteiger partial charge on any atom is -0.364 e. The quantitative estimate of drug-likeness (QED) is 0.764. The van der Waals surface area contributed by atoms with E-state index in [1.807, 2.05) is 0 Å². The van der Waals surface area contributed by atoms with Crippen molar-refractivity contribution < 1.29 is 9.18 Å². The number of amides is 1. The Balaban J connectivity index is 1.51. The SMILES string of the molecule is O=C1c2cc(CNc3cc(Cl)ccn3)nn2CCN1c1ccc(F)cc1. The van der Waals surface area contributed by atoms with Gasteiger partial charge in [-0.15, -0.1) is 0 Å². The van der Waals surface area contributed by atoms with E-state index >= 15 is 0 Å². The second kappa shape index (κ2) is 6.76. The maximum atomic E-state index is 13.1. The predicted octanol–water partition coefficient (Wildman–Crippen LogP) is 3.34. The molecule has 26 heavy (non-hydrogen) atoms. The molecular weight excluding hydrogens is 357 g/mol. The van der Waals surface area contributed by atoms with Crippen molar-refractivity contribution in [3.8, 4) is 0 Å². The van der Waals surface area contributed by atoms with Gasteiger partial charge in [-0.25, -0.2) is 9.37 Å². The number of nitrogens with one attached hydrogen (secondary N) is 1. The van der Waals surface area contributed by atoms with E-state index in [1.165, 1.54) is 12.1 Å². The molecule has 0 spiro atoms. The first-order valence-electron chi connectivity index (χ1n) is 8.10. The summed E-state index contributed by atoms with van der Waals surface area (Å²) >= 11 is 5.94. The second-order valence-electron chi connectivity index (χ2n) is 5.89. The standard InChI is InChI=1S/C18H15ClFN5O/c19-12-5-6-21-17(9-12)22-11-14-10-16-18(26)24(7-8-25(16)23-14)15-3-1-13(20)2-4-15/h1-6,9-10H,7-8,11H2,(H,21,22). The number of hydrogen-bond acceptors (Lipinski definition) is 4. The molecular formula is C18H15ClFN5O. The molecule has 8 heteroatoms. The summed E-state index contributed by atoms with van der Waals surface area (Å²) in [6, 6.07) is 11.1. The molecule has 1 aliphatic rings. The molecule has 0 atom stereocenters. The van der Waals surface area contributed by atoms with E-state index in [2.05, 4.69) is 15.4 Å². The van der Waals surface area contributed by atoms with Crippen molar-refractivity contribution in [2.75, 3.05) is 16.8 Å². The van der Waals surface area contributed by atoms with Crippen LogP contribution in [0.1, 0.15) is 16.2 Å². The third-order valence-corrected chi connectivity index (χ3v) is 4.38. The van der Waals surface area contributed by atoms with Gasteiger partial charge in [0.15, 0.2) is 0 Å². The Morgan fingerprint density at radius 1 is 1.15 bits per heavy atom. The van der Waals surface area contributed by atoms with E-state index in [4.69, 9.17) is 11.6 Å². The first-order valence-corrected chi connectivity index (χ1v) is 8.47. The average Bonchev–Trinajstić information content (AvgIpc) is 3.06. The lowest BCUT2D eigenvalue weighted by Gasteiger charge is -2.27. The zero-order valence-corrected chi connectivity index (χ0v) is 14.4. The molecule has 1 amide bonds. The van der Waals surface area contributed by atoms with Crippen molar-refractivity contribution in [3.63, 3.8) is 0 Å². The summed E-state index contributed by atoms with van der Waals surface area (Å²) in [5.74, 6) is 0.163. The Labute approximate surface area is 154 Å². The fourth-order valence-corrected chi connectivity index (χ4v) is 3.04. The van der Waals surface area contributed by atoms with Gasteiger partial charge in [0.2, 0.25) is 0 Å². The van der Waals surface area contributed by atoms with Crippen LogP contribution in [0, 0.1) is 5.82 Å². The molecule has 0 aliphatic carbocycles. The van der Waals surface area contributed by atoms with Gasteiger partial charge in [-0.1, -0.05) is 11.6 Å². The molecule has 2 aromatic heterocycles. The van der Waals surface area contributed by atoms with E-state index in [1.54, 1.807) is 46.1 Å². The lowest BCUT2D eigenvalue weighted by molar-refractivity contribution is 0.0962. The highest BCUT2D eigenvalue weighted by molar-refractivity contribution is 6.30. The molecule has 0 unspecified atom stereocenters. The molecule has 6 nitrogen and oxygen atoms in total. The monoisotopic (exact) mass is 371 g/mol. The number of pyridine rings is 1. The highest BCUT2D eigenvalue weighted by atomic mass is 35.5. The first kappa shape index (κ1) is 16.5. The number of benzene rings is 1. The summed E-state index contributed by atoms with van der Waals surface area (Å²) < 4.78 is 14.8. The van der Waals surface area contributed by atoms with Crippen molar-refractivity contribution in [1.29, 1.82) is 0 Å². The Morgan fingerprint density at radius 3 is 2.73 bits per heavy atom. The van der Waals surface area contributed by atoms with Crippen molar-refractivity contribution in [2.45, 2.75) is 13.1 Å². The van der Waals surface area contributed by atoms with Crippen LogP contribution in [0.25, 0.3) is 0 Å². The average molecular weight is 372 g/mol. The van der Waals surface area contributed by atoms with Gasteiger partial charge in [0, 0.05) is 23.5 Å². The number of carbonyl (C=O) groups is 1. The number of fused-ring (bicyclic) bond motifs is 1. The molecule has 0 radical (unpaired) electrons. The van der Waals surface area contributed by atoms with Crippen LogP contribution < -0.4 is 10.2 Å². The Kier molecular flexibility index (Phi) is 4.30. The van der Waals surface area contributed by atoms with Gasteiger partial charge >= 0.3 is 0 Å². The topological polar surface area (TPSA) is 63.1 Å². The Bertz CT molecular complexity index is 956. The molecule has 1 N–H and O–H groups in total. The lowest BCUT2D eigenvalue weighted by Crippen LogP contribution is -2.40. The zero-order valence-electron chi connectivity index (χ0n) is 13.7. The Morgan fingerprint density at radius 2 is 1.96 bits per heavy atom. The van der Waals surface area contributed by atoms with Crippen LogP contribution in [0.3, 0.4) is 0 Å². The molecule has 0 bridgehead atoms. The molecule has 3 aromatic rings. The summed E-state index contributed by atoms with van der Waals surface area (Å²) in [4.78, 5) is 18.6. The number of halogens is 2. The van der Waals surface area contributed by atoms with E-state index in [-0.39, 0.29) is 11.7 Å². The molecule has 0 saturated heterocycles. The first-order chi connectivity index (χ1) is 12.6. The lowest BCUT2D eigenvalue weighted by atomic mass is 10.2. The molecule has 1 aliphatic heterocycles. The Hall–Kier alpha value is -2.93. The fourth-order valence-electron chi connectivity index (χ4n) is 2.88. The van der Waals surface area contributed by atoms with Crippen LogP contribution in [0.2, 0.25) is 5.02 Å². The normalized spacial score (nSPS) is 13.6. The summed E-state index contributed by atoms with van der Waals surface area (Å²) in [7, 11) is 0. The summed E-state index contributed by atoms with van der Waals surface area (Å²) in [6.45, 7) is 1.49. The van der Waals surface area contributed by atoms with Gasteiger partial charge < -0.3 is 10.2 Å². The maximum Gasteiger partial charge on any atom is 0.276 e. The molecule has 132 valence electrons. The predicted molar refractivity (Wildman–Crippen MR) is 96.9 cm³/mol. The van der Waals surface area contributed by atoms with E-state index < -0.39 is 0 Å². The van der Waals surface area contributed by atoms with Crippen LogP contribution in [0.5, 0.6) is 0 Å². The molecule has 0 fully saturated rings. The third-order valence-electron chi connectivity index (χ3n) is 4.14. The number of hydrogen-bond donors (Lipinski definition) is 1. The molecule has 1 aromatic carbocycles. The minimum absolute atomic E-state index is 0.150. The smallest absolute Gasteiger partial charge is 0.276 e. The maximum absolute atomic E-state index is 13.1. The third kappa shape index (κ3) is 3.25. The summed E-state index contributed by atoms with van der Waals surface area (Å²) in [5.41, 5.74) is 1.92. The fraction of sp³-hybridized carbons (Fsp3) is 0.167. The minimum atomic E-state index is -0.328. The number of carbonyl (C=O) groups excluding carboxylic acids is 1. The number of rotatable bonds is 4. The molecule has 4 rings (SSSR count). The van der Waals surface area contributed by atoms with Crippen molar-refractivity contribution in [1.82, 2.24) is 14.8 Å². The van der Waals surface area contributed by atoms with Crippen LogP contribution in [0.15, 0.2) is 48.7 Å². The van der Waals surface area contributed by atoms with E-state index in [0.717, 1.165) is 5.69 Å². The van der Waals surface area contributed by atoms with Crippen molar-refractivity contribution in [3.05, 3.63) is 70.9 Å². The van der Waals surface area contributed by atoms with Crippen LogP contribution in [-0.4, -0.2) is 27.2 Å². The van der Waals surface area contributed by atoms with E-state index in [0.29, 0.717) is 41.9 Å². The van der Waals surface area contributed by atoms with Gasteiger partial charge in [-0.3, -0.25) is 9.48 Å². The van der Waals surface area contributed by atoms with Gasteiger partial charge in [0.25, 0.3) is 5.91 Å². The van der Waals surface area contributed by atoms with Crippen molar-refractivity contribution >= 4 is 29.0 Å². The summed E-state index contributed by atoms with van der Waals surface area (Å²) in [6.07, 6.45) is 1.62. The van der Waals surface area contributed by atoms with Gasteiger partial charge in [-0.2, -0.15) is 5.10 Å². The molecule has 3 heterocycles. The van der Waals surface area contributed by atoms with Gasteiger partial charge in [-0.05, 0) is 42.5 Å².